The molecule has 152 valence electrons. The summed E-state index contributed by atoms with van der Waals surface area (Å²) in [6.45, 7) is 3.74. The van der Waals surface area contributed by atoms with E-state index in [1.54, 1.807) is 23.9 Å². The fourth-order valence-electron chi connectivity index (χ4n) is 3.49. The van der Waals surface area contributed by atoms with Crippen LogP contribution < -0.4 is 10.1 Å². The number of fused-ring (bicyclic) bond motifs is 1. The molecule has 0 saturated heterocycles. The monoisotopic (exact) mass is 420 g/mol. The number of carbonyl (C=O) groups excluding carboxylic acids is 1. The number of rotatable bonds is 4. The highest BCUT2D eigenvalue weighted by Gasteiger charge is 2.20. The van der Waals surface area contributed by atoms with Crippen LogP contribution in [0, 0.1) is 13.8 Å². The summed E-state index contributed by atoms with van der Waals surface area (Å²) < 4.78 is 7.03. The molecule has 0 atom stereocenters. The molecule has 4 rings (SSSR count). The molecule has 0 spiro atoms. The van der Waals surface area contributed by atoms with Gasteiger partial charge in [-0.1, -0.05) is 29.8 Å². The van der Waals surface area contributed by atoms with Gasteiger partial charge in [0.05, 0.1) is 29.4 Å². The van der Waals surface area contributed by atoms with Crippen LogP contribution >= 0.6 is 11.6 Å². The van der Waals surface area contributed by atoms with Crippen molar-refractivity contribution in [2.45, 2.75) is 13.8 Å². The standard InChI is InChI=1S/C23H21ClN4O2/c1-13-18(24)9-6-10-19(13)26-23(29)17-12-20(15-7-5-8-16(11-15)30-4)25-22-21(17)14(2)27-28(22)3/h5-12H,1-4H3,(H,26,29). The van der Waals surface area contributed by atoms with Gasteiger partial charge in [0.15, 0.2) is 5.65 Å². The van der Waals surface area contributed by atoms with E-state index in [2.05, 4.69) is 10.4 Å². The zero-order valence-corrected chi connectivity index (χ0v) is 17.9. The van der Waals surface area contributed by atoms with Crippen LogP contribution in [0.4, 0.5) is 5.69 Å². The van der Waals surface area contributed by atoms with Gasteiger partial charge in [-0.2, -0.15) is 5.10 Å². The van der Waals surface area contributed by atoms with Gasteiger partial charge in [0, 0.05) is 23.3 Å². The Morgan fingerprint density at radius 2 is 1.90 bits per heavy atom. The van der Waals surface area contributed by atoms with Gasteiger partial charge in [0.1, 0.15) is 5.75 Å². The van der Waals surface area contributed by atoms with Crippen molar-refractivity contribution in [2.75, 3.05) is 12.4 Å². The first-order valence-electron chi connectivity index (χ1n) is 9.44. The Bertz CT molecular complexity index is 1280. The normalized spacial score (nSPS) is 11.0. The minimum Gasteiger partial charge on any atom is -0.497 e. The maximum atomic E-state index is 13.3. The second-order valence-corrected chi connectivity index (χ2v) is 7.47. The third kappa shape index (κ3) is 3.50. The van der Waals surface area contributed by atoms with Gasteiger partial charge in [0.25, 0.3) is 5.91 Å². The molecule has 0 aliphatic rings. The topological polar surface area (TPSA) is 69.0 Å². The van der Waals surface area contributed by atoms with Crippen LogP contribution in [0.3, 0.4) is 0 Å². The summed E-state index contributed by atoms with van der Waals surface area (Å²) in [7, 11) is 3.44. The fraction of sp³-hybridized carbons (Fsp3) is 0.174. The number of carbonyl (C=O) groups is 1. The Labute approximate surface area is 179 Å². The Morgan fingerprint density at radius 1 is 1.13 bits per heavy atom. The van der Waals surface area contributed by atoms with Crippen molar-refractivity contribution in [3.63, 3.8) is 0 Å². The van der Waals surface area contributed by atoms with Crippen LogP contribution in [0.1, 0.15) is 21.6 Å². The fourth-order valence-corrected chi connectivity index (χ4v) is 3.66. The predicted molar refractivity (Wildman–Crippen MR) is 119 cm³/mol. The number of halogens is 1. The lowest BCUT2D eigenvalue weighted by molar-refractivity contribution is 0.102. The highest BCUT2D eigenvalue weighted by molar-refractivity contribution is 6.31. The van der Waals surface area contributed by atoms with Crippen molar-refractivity contribution in [3.8, 4) is 17.0 Å². The van der Waals surface area contributed by atoms with Crippen LogP contribution in [-0.2, 0) is 7.05 Å². The first-order valence-corrected chi connectivity index (χ1v) is 9.82. The first kappa shape index (κ1) is 19.9. The molecule has 1 amide bonds. The molecule has 6 nitrogen and oxygen atoms in total. The average molecular weight is 421 g/mol. The van der Waals surface area contributed by atoms with Gasteiger partial charge < -0.3 is 10.1 Å². The first-order chi connectivity index (χ1) is 14.4. The van der Waals surface area contributed by atoms with Crippen LogP contribution in [0.5, 0.6) is 5.75 Å². The molecule has 30 heavy (non-hydrogen) atoms. The number of aromatic nitrogens is 3. The van der Waals surface area contributed by atoms with Crippen molar-refractivity contribution in [3.05, 3.63) is 70.4 Å². The van der Waals surface area contributed by atoms with E-state index >= 15 is 0 Å². The number of aryl methyl sites for hydroxylation is 2. The predicted octanol–water partition coefficient (Wildman–Crippen LogP) is 5.17. The molecular weight excluding hydrogens is 400 g/mol. The molecule has 0 aliphatic heterocycles. The van der Waals surface area contributed by atoms with Crippen molar-refractivity contribution < 1.29 is 9.53 Å². The number of hydrogen-bond donors (Lipinski definition) is 1. The van der Waals surface area contributed by atoms with E-state index in [0.29, 0.717) is 27.6 Å². The van der Waals surface area contributed by atoms with Gasteiger partial charge >= 0.3 is 0 Å². The number of nitrogens with zero attached hydrogens (tertiary/aromatic N) is 3. The summed E-state index contributed by atoms with van der Waals surface area (Å²) in [5, 5.41) is 8.78. The quantitative estimate of drug-likeness (QED) is 0.494. The molecule has 0 aliphatic carbocycles. The van der Waals surface area contributed by atoms with Crippen molar-refractivity contribution in [2.24, 2.45) is 7.05 Å². The number of methoxy groups -OCH3 is 1. The maximum absolute atomic E-state index is 13.3. The van der Waals surface area contributed by atoms with E-state index in [-0.39, 0.29) is 5.91 Å². The number of ether oxygens (including phenoxy) is 1. The third-order valence-electron chi connectivity index (χ3n) is 5.09. The molecule has 0 saturated carbocycles. The summed E-state index contributed by atoms with van der Waals surface area (Å²) in [6, 6.07) is 14.8. The third-order valence-corrected chi connectivity index (χ3v) is 5.50. The SMILES string of the molecule is COc1cccc(-c2cc(C(=O)Nc3cccc(Cl)c3C)c3c(C)nn(C)c3n2)c1. The zero-order valence-electron chi connectivity index (χ0n) is 17.2. The molecule has 0 unspecified atom stereocenters. The minimum absolute atomic E-state index is 0.243. The highest BCUT2D eigenvalue weighted by Crippen LogP contribution is 2.30. The van der Waals surface area contributed by atoms with Crippen molar-refractivity contribution in [1.29, 1.82) is 0 Å². The van der Waals surface area contributed by atoms with Crippen LogP contribution in [0.15, 0.2) is 48.5 Å². The molecule has 2 aromatic heterocycles. The molecule has 0 bridgehead atoms. The average Bonchev–Trinajstić information content (AvgIpc) is 3.04. The Kier molecular flexibility index (Phi) is 5.18. The lowest BCUT2D eigenvalue weighted by atomic mass is 10.0. The number of amides is 1. The zero-order chi connectivity index (χ0) is 21.4. The number of pyridine rings is 1. The summed E-state index contributed by atoms with van der Waals surface area (Å²) in [4.78, 5) is 18.1. The summed E-state index contributed by atoms with van der Waals surface area (Å²) in [6.07, 6.45) is 0. The van der Waals surface area contributed by atoms with E-state index in [4.69, 9.17) is 21.3 Å². The molecule has 1 N–H and O–H groups in total. The van der Waals surface area contributed by atoms with Crippen molar-refractivity contribution in [1.82, 2.24) is 14.8 Å². The van der Waals surface area contributed by atoms with Gasteiger partial charge in [-0.05, 0) is 49.7 Å². The summed E-state index contributed by atoms with van der Waals surface area (Å²) in [5.41, 5.74) is 4.88. The second-order valence-electron chi connectivity index (χ2n) is 7.06. The van der Waals surface area contributed by atoms with Gasteiger partial charge in [-0.3, -0.25) is 9.48 Å². The van der Waals surface area contributed by atoms with E-state index in [1.165, 1.54) is 0 Å². The van der Waals surface area contributed by atoms with Crippen LogP contribution in [0.25, 0.3) is 22.3 Å². The van der Waals surface area contributed by atoms with Crippen LogP contribution in [-0.4, -0.2) is 27.8 Å². The number of hydrogen-bond acceptors (Lipinski definition) is 4. The maximum Gasteiger partial charge on any atom is 0.256 e. The molecular formula is C23H21ClN4O2. The Hall–Kier alpha value is -3.38. The smallest absolute Gasteiger partial charge is 0.256 e. The summed E-state index contributed by atoms with van der Waals surface area (Å²) in [5.74, 6) is 0.476. The van der Waals surface area contributed by atoms with E-state index in [9.17, 15) is 4.79 Å². The van der Waals surface area contributed by atoms with Crippen molar-refractivity contribution >= 4 is 34.2 Å². The number of nitrogens with one attached hydrogen (secondary N) is 1. The lowest BCUT2D eigenvalue weighted by Gasteiger charge is -2.12. The minimum atomic E-state index is -0.243. The molecule has 4 aromatic rings. The number of anilines is 1. The Morgan fingerprint density at radius 3 is 2.67 bits per heavy atom. The highest BCUT2D eigenvalue weighted by atomic mass is 35.5. The largest absolute Gasteiger partial charge is 0.497 e. The van der Waals surface area contributed by atoms with Gasteiger partial charge in [-0.25, -0.2) is 4.98 Å². The van der Waals surface area contributed by atoms with Gasteiger partial charge in [0.2, 0.25) is 0 Å². The van der Waals surface area contributed by atoms with E-state index < -0.39 is 0 Å². The molecule has 2 heterocycles. The summed E-state index contributed by atoms with van der Waals surface area (Å²) >= 11 is 6.21. The van der Waals surface area contributed by atoms with E-state index in [0.717, 1.165) is 28.0 Å². The molecule has 0 radical (unpaired) electrons. The molecule has 0 fully saturated rings. The van der Waals surface area contributed by atoms with Crippen LogP contribution in [0.2, 0.25) is 5.02 Å². The molecule has 2 aromatic carbocycles. The van der Waals surface area contributed by atoms with Gasteiger partial charge in [-0.15, -0.1) is 0 Å². The molecule has 7 heteroatoms. The lowest BCUT2D eigenvalue weighted by Crippen LogP contribution is -2.14. The number of benzene rings is 2. The Balaban J connectivity index is 1.87. The van der Waals surface area contributed by atoms with E-state index in [1.807, 2.05) is 57.3 Å². The second kappa shape index (κ2) is 7.80.